The number of hydrogen-bond donors (Lipinski definition) is 0. The summed E-state index contributed by atoms with van der Waals surface area (Å²) in [5.74, 6) is 0.679. The molecule has 2 aromatic carbocycles. The number of benzene rings is 2. The molecule has 0 fully saturated rings. The van der Waals surface area contributed by atoms with Gasteiger partial charge in [0.1, 0.15) is 18.6 Å². The quantitative estimate of drug-likeness (QED) is 0.218. The van der Waals surface area contributed by atoms with Crippen LogP contribution < -0.4 is 4.74 Å². The minimum atomic E-state index is -3.76. The van der Waals surface area contributed by atoms with Crippen molar-refractivity contribution in [3.63, 3.8) is 0 Å². The van der Waals surface area contributed by atoms with E-state index >= 15 is 0 Å². The molecule has 0 spiro atoms. The van der Waals surface area contributed by atoms with Crippen molar-refractivity contribution in [1.82, 2.24) is 0 Å². The number of hydrogen-bond acceptors (Lipinski definition) is 8. The van der Waals surface area contributed by atoms with Gasteiger partial charge in [0.25, 0.3) is 10.1 Å². The molecule has 8 nitrogen and oxygen atoms in total. The molecule has 2 rings (SSSR count). The molecule has 0 aliphatic carbocycles. The van der Waals surface area contributed by atoms with Gasteiger partial charge in [0.15, 0.2) is 0 Å². The molecule has 0 radical (unpaired) electrons. The summed E-state index contributed by atoms with van der Waals surface area (Å²) in [6, 6.07) is 13.3. The fourth-order valence-electron chi connectivity index (χ4n) is 2.38. The van der Waals surface area contributed by atoms with Gasteiger partial charge in [-0.15, -0.1) is 0 Å². The van der Waals surface area contributed by atoms with Crippen molar-refractivity contribution in [1.29, 1.82) is 0 Å². The van der Waals surface area contributed by atoms with Crippen LogP contribution in [-0.4, -0.2) is 67.6 Å². The van der Waals surface area contributed by atoms with Crippen LogP contribution in [0, 0.1) is 6.92 Å². The first-order valence-electron chi connectivity index (χ1n) is 9.88. The van der Waals surface area contributed by atoms with Crippen molar-refractivity contribution in [3.8, 4) is 5.75 Å². The van der Waals surface area contributed by atoms with Crippen LogP contribution >= 0.6 is 0 Å². The van der Waals surface area contributed by atoms with E-state index in [1.165, 1.54) is 12.1 Å². The van der Waals surface area contributed by atoms with Crippen LogP contribution in [0.4, 0.5) is 0 Å². The Bertz CT molecular complexity index is 863. The summed E-state index contributed by atoms with van der Waals surface area (Å²) in [6.45, 7) is 4.32. The predicted octanol–water partition coefficient (Wildman–Crippen LogP) is 2.64. The second-order valence-corrected chi connectivity index (χ2v) is 8.08. The average molecular weight is 453 g/mol. The Hall–Kier alpha value is -2.30. The van der Waals surface area contributed by atoms with Gasteiger partial charge in [-0.1, -0.05) is 17.7 Å². The van der Waals surface area contributed by atoms with Crippen LogP contribution in [0.15, 0.2) is 53.4 Å². The first-order valence-corrected chi connectivity index (χ1v) is 11.3. The summed E-state index contributed by atoms with van der Waals surface area (Å²) in [4.78, 5) is 10.7. The Kier molecular flexibility index (Phi) is 11.2. The van der Waals surface area contributed by atoms with Crippen LogP contribution in [-0.2, 0) is 28.5 Å². The van der Waals surface area contributed by atoms with Crippen molar-refractivity contribution >= 4 is 16.4 Å². The lowest BCUT2D eigenvalue weighted by molar-refractivity contribution is 0.00528. The normalized spacial score (nSPS) is 11.4. The topological polar surface area (TPSA) is 97.4 Å². The van der Waals surface area contributed by atoms with E-state index in [4.69, 9.17) is 23.1 Å². The lowest BCUT2D eigenvalue weighted by Crippen LogP contribution is -2.15. The fourth-order valence-corrected chi connectivity index (χ4v) is 3.27. The zero-order valence-electron chi connectivity index (χ0n) is 17.5. The zero-order chi connectivity index (χ0) is 22.4. The van der Waals surface area contributed by atoms with E-state index < -0.39 is 10.1 Å². The van der Waals surface area contributed by atoms with E-state index in [0.29, 0.717) is 51.0 Å². The van der Waals surface area contributed by atoms with E-state index in [2.05, 4.69) is 0 Å². The van der Waals surface area contributed by atoms with Gasteiger partial charge in [0.05, 0.1) is 51.1 Å². The molecule has 0 aromatic heterocycles. The van der Waals surface area contributed by atoms with Gasteiger partial charge in [0, 0.05) is 5.56 Å². The molecule has 0 bridgehead atoms. The van der Waals surface area contributed by atoms with Crippen molar-refractivity contribution in [2.24, 2.45) is 0 Å². The molecule has 0 atom stereocenters. The maximum absolute atomic E-state index is 12.0. The highest BCUT2D eigenvalue weighted by molar-refractivity contribution is 7.86. The molecule has 2 aromatic rings. The van der Waals surface area contributed by atoms with E-state index in [1.54, 1.807) is 36.4 Å². The predicted molar refractivity (Wildman–Crippen MR) is 114 cm³/mol. The number of aldehydes is 1. The smallest absolute Gasteiger partial charge is 0.297 e. The maximum Gasteiger partial charge on any atom is 0.297 e. The molecule has 0 aliphatic heterocycles. The first kappa shape index (κ1) is 25.0. The molecule has 0 saturated heterocycles. The van der Waals surface area contributed by atoms with Gasteiger partial charge in [-0.25, -0.2) is 0 Å². The van der Waals surface area contributed by atoms with Gasteiger partial charge in [-0.2, -0.15) is 8.42 Å². The molecular weight excluding hydrogens is 424 g/mol. The standard InChI is InChI=1S/C22H28O8S/c1-19-2-8-22(9-3-19)31(24,25)30-17-15-28-13-11-26-10-12-27-14-16-29-21-6-4-20(18-23)5-7-21/h2-9,18H,10-17H2,1H3. The summed E-state index contributed by atoms with van der Waals surface area (Å²) in [7, 11) is -3.76. The molecular formula is C22H28O8S. The molecule has 0 amide bonds. The van der Waals surface area contributed by atoms with E-state index in [0.717, 1.165) is 11.8 Å². The Morgan fingerprint density at radius 1 is 0.710 bits per heavy atom. The molecule has 0 aliphatic rings. The number of rotatable bonds is 16. The second kappa shape index (κ2) is 13.9. The fraction of sp³-hybridized carbons (Fsp3) is 0.409. The Morgan fingerprint density at radius 3 is 1.77 bits per heavy atom. The summed E-state index contributed by atoms with van der Waals surface area (Å²) < 4.78 is 50.5. The molecule has 0 saturated carbocycles. The largest absolute Gasteiger partial charge is 0.491 e. The molecule has 31 heavy (non-hydrogen) atoms. The van der Waals surface area contributed by atoms with E-state index in [-0.39, 0.29) is 18.1 Å². The third-order valence-electron chi connectivity index (χ3n) is 4.03. The zero-order valence-corrected chi connectivity index (χ0v) is 18.3. The summed E-state index contributed by atoms with van der Waals surface area (Å²) in [5.41, 5.74) is 1.58. The molecule has 0 N–H and O–H groups in total. The van der Waals surface area contributed by atoms with Crippen LogP contribution in [0.25, 0.3) is 0 Å². The van der Waals surface area contributed by atoms with Crippen molar-refractivity contribution < 1.29 is 36.3 Å². The Labute approximate surface area is 183 Å². The number of ether oxygens (including phenoxy) is 4. The number of carbonyl (C=O) groups excluding carboxylic acids is 1. The minimum Gasteiger partial charge on any atom is -0.491 e. The molecule has 0 unspecified atom stereocenters. The maximum atomic E-state index is 12.0. The van der Waals surface area contributed by atoms with Crippen LogP contribution in [0.2, 0.25) is 0 Å². The van der Waals surface area contributed by atoms with E-state index in [9.17, 15) is 13.2 Å². The van der Waals surface area contributed by atoms with Crippen molar-refractivity contribution in [3.05, 3.63) is 59.7 Å². The monoisotopic (exact) mass is 452 g/mol. The average Bonchev–Trinajstić information content (AvgIpc) is 2.77. The van der Waals surface area contributed by atoms with Gasteiger partial charge in [-0.3, -0.25) is 8.98 Å². The third kappa shape index (κ3) is 10.0. The van der Waals surface area contributed by atoms with Gasteiger partial charge >= 0.3 is 0 Å². The van der Waals surface area contributed by atoms with Gasteiger partial charge in [0.2, 0.25) is 0 Å². The number of aryl methyl sites for hydroxylation is 1. The SMILES string of the molecule is Cc1ccc(S(=O)(=O)OCCOCCOCCOCCOc2ccc(C=O)cc2)cc1. The van der Waals surface area contributed by atoms with Crippen molar-refractivity contribution in [2.75, 3.05) is 52.9 Å². The summed E-state index contributed by atoms with van der Waals surface area (Å²) in [5, 5.41) is 0. The Balaban J connectivity index is 1.40. The van der Waals surface area contributed by atoms with Crippen LogP contribution in [0.5, 0.6) is 5.75 Å². The lowest BCUT2D eigenvalue weighted by atomic mass is 10.2. The summed E-state index contributed by atoms with van der Waals surface area (Å²) in [6.07, 6.45) is 0.781. The highest BCUT2D eigenvalue weighted by Gasteiger charge is 2.14. The van der Waals surface area contributed by atoms with Crippen LogP contribution in [0.3, 0.4) is 0 Å². The highest BCUT2D eigenvalue weighted by Crippen LogP contribution is 2.13. The number of carbonyl (C=O) groups is 1. The first-order chi connectivity index (χ1) is 15.0. The molecule has 9 heteroatoms. The van der Waals surface area contributed by atoms with Crippen molar-refractivity contribution in [2.45, 2.75) is 11.8 Å². The highest BCUT2D eigenvalue weighted by atomic mass is 32.2. The lowest BCUT2D eigenvalue weighted by Gasteiger charge is -2.09. The summed E-state index contributed by atoms with van der Waals surface area (Å²) >= 11 is 0. The third-order valence-corrected chi connectivity index (χ3v) is 5.36. The second-order valence-electron chi connectivity index (χ2n) is 6.46. The van der Waals surface area contributed by atoms with Gasteiger partial charge in [-0.05, 0) is 43.3 Å². The minimum absolute atomic E-state index is 0.0583. The molecule has 170 valence electrons. The Morgan fingerprint density at radius 2 is 1.23 bits per heavy atom. The van der Waals surface area contributed by atoms with E-state index in [1.807, 2.05) is 6.92 Å². The molecule has 0 heterocycles. The van der Waals surface area contributed by atoms with Crippen LogP contribution in [0.1, 0.15) is 15.9 Å². The van der Waals surface area contributed by atoms with Gasteiger partial charge < -0.3 is 18.9 Å².